The molecule has 138 valence electrons. The molecular formula is C20H26N4O2. The predicted molar refractivity (Wildman–Crippen MR) is 99.3 cm³/mol. The number of imidazole rings is 1. The molecule has 4 rings (SSSR count). The van der Waals surface area contributed by atoms with E-state index < -0.39 is 0 Å². The molecule has 1 N–H and O–H groups in total. The molecule has 3 heterocycles. The lowest BCUT2D eigenvalue weighted by molar-refractivity contribution is -0.120. The van der Waals surface area contributed by atoms with Crippen molar-refractivity contribution in [2.75, 3.05) is 12.4 Å². The van der Waals surface area contributed by atoms with Gasteiger partial charge in [0.05, 0.1) is 13.3 Å². The van der Waals surface area contributed by atoms with E-state index in [1.165, 1.54) is 43.6 Å². The highest BCUT2D eigenvalue weighted by Crippen LogP contribution is 2.34. The zero-order chi connectivity index (χ0) is 17.9. The molecule has 0 saturated heterocycles. The van der Waals surface area contributed by atoms with Crippen LogP contribution in [0, 0.1) is 5.92 Å². The summed E-state index contributed by atoms with van der Waals surface area (Å²) in [6.45, 7) is 0.878. The number of methoxy groups -OCH3 is 1. The summed E-state index contributed by atoms with van der Waals surface area (Å²) < 4.78 is 7.66. The minimum atomic E-state index is -0.0386. The van der Waals surface area contributed by atoms with Gasteiger partial charge >= 0.3 is 0 Å². The van der Waals surface area contributed by atoms with Crippen LogP contribution in [0.1, 0.15) is 56.0 Å². The van der Waals surface area contributed by atoms with Gasteiger partial charge in [-0.1, -0.05) is 19.3 Å². The predicted octanol–water partition coefficient (Wildman–Crippen LogP) is 3.54. The Morgan fingerprint density at radius 1 is 1.23 bits per heavy atom. The molecule has 0 radical (unpaired) electrons. The third-order valence-electron chi connectivity index (χ3n) is 5.73. The third kappa shape index (κ3) is 3.32. The highest BCUT2D eigenvalue weighted by molar-refractivity contribution is 5.93. The topological polar surface area (TPSA) is 69.0 Å². The molecule has 6 nitrogen and oxygen atoms in total. The fourth-order valence-corrected chi connectivity index (χ4v) is 4.29. The van der Waals surface area contributed by atoms with Gasteiger partial charge in [-0.2, -0.15) is 0 Å². The van der Waals surface area contributed by atoms with Crippen LogP contribution in [0.25, 0.3) is 0 Å². The van der Waals surface area contributed by atoms with Crippen LogP contribution in [0.15, 0.2) is 24.7 Å². The number of anilines is 1. The minimum Gasteiger partial charge on any atom is -0.494 e. The number of hydrogen-bond acceptors (Lipinski definition) is 4. The van der Waals surface area contributed by atoms with Crippen molar-refractivity contribution in [2.24, 2.45) is 5.92 Å². The van der Waals surface area contributed by atoms with Gasteiger partial charge in [0.1, 0.15) is 17.3 Å². The lowest BCUT2D eigenvalue weighted by Gasteiger charge is -2.27. The summed E-state index contributed by atoms with van der Waals surface area (Å²) in [4.78, 5) is 21.5. The van der Waals surface area contributed by atoms with Crippen molar-refractivity contribution in [2.45, 2.75) is 57.4 Å². The summed E-state index contributed by atoms with van der Waals surface area (Å²) in [5.41, 5.74) is 1.82. The van der Waals surface area contributed by atoms with Crippen molar-refractivity contribution in [3.63, 3.8) is 0 Å². The molecule has 0 aromatic carbocycles. The molecule has 1 aliphatic carbocycles. The summed E-state index contributed by atoms with van der Waals surface area (Å²) in [6, 6.07) is 1.75. The number of carbonyl (C=O) groups excluding carboxylic acids is 1. The highest BCUT2D eigenvalue weighted by Gasteiger charge is 2.29. The number of nitrogens with zero attached hydrogens (tertiary/aromatic N) is 3. The number of carbonyl (C=O) groups is 1. The maximum atomic E-state index is 12.7. The van der Waals surface area contributed by atoms with Gasteiger partial charge in [0, 0.05) is 49.0 Å². The van der Waals surface area contributed by atoms with Crippen LogP contribution in [0.2, 0.25) is 0 Å². The number of hydrogen-bond donors (Lipinski definition) is 1. The monoisotopic (exact) mass is 354 g/mol. The summed E-state index contributed by atoms with van der Waals surface area (Å²) in [5, 5.41) is 2.98. The van der Waals surface area contributed by atoms with Gasteiger partial charge in [0.25, 0.3) is 0 Å². The Bertz CT molecular complexity index is 780. The van der Waals surface area contributed by atoms with Crippen LogP contribution in [0.4, 0.5) is 5.69 Å². The van der Waals surface area contributed by atoms with Crippen molar-refractivity contribution < 1.29 is 9.53 Å². The van der Waals surface area contributed by atoms with E-state index in [1.807, 2.05) is 6.20 Å². The van der Waals surface area contributed by atoms with Crippen molar-refractivity contribution in [1.29, 1.82) is 0 Å². The van der Waals surface area contributed by atoms with Crippen molar-refractivity contribution in [3.8, 4) is 5.75 Å². The zero-order valence-corrected chi connectivity index (χ0v) is 15.3. The maximum absolute atomic E-state index is 12.7. The first kappa shape index (κ1) is 17.1. The molecule has 1 unspecified atom stereocenters. The van der Waals surface area contributed by atoms with E-state index in [9.17, 15) is 4.79 Å². The van der Waals surface area contributed by atoms with Gasteiger partial charge < -0.3 is 14.6 Å². The molecule has 1 fully saturated rings. The van der Waals surface area contributed by atoms with E-state index in [-0.39, 0.29) is 11.8 Å². The maximum Gasteiger partial charge on any atom is 0.228 e. The van der Waals surface area contributed by atoms with E-state index in [1.54, 1.807) is 25.6 Å². The van der Waals surface area contributed by atoms with Crippen LogP contribution < -0.4 is 10.1 Å². The summed E-state index contributed by atoms with van der Waals surface area (Å²) in [5.74, 6) is 2.47. The van der Waals surface area contributed by atoms with Crippen molar-refractivity contribution >= 4 is 11.6 Å². The molecule has 6 heteroatoms. The van der Waals surface area contributed by atoms with Gasteiger partial charge in [-0.15, -0.1) is 0 Å². The number of pyridine rings is 1. The van der Waals surface area contributed by atoms with Crippen LogP contribution in [0.5, 0.6) is 5.75 Å². The summed E-state index contributed by atoms with van der Waals surface area (Å²) >= 11 is 0. The van der Waals surface area contributed by atoms with Crippen molar-refractivity contribution in [3.05, 3.63) is 36.2 Å². The van der Waals surface area contributed by atoms with Crippen LogP contribution in [-0.2, 0) is 17.8 Å². The van der Waals surface area contributed by atoms with Gasteiger partial charge in [-0.3, -0.25) is 9.78 Å². The smallest absolute Gasteiger partial charge is 0.228 e. The molecule has 2 aromatic rings. The second kappa shape index (κ2) is 7.48. The Hall–Kier alpha value is -2.37. The third-order valence-corrected chi connectivity index (χ3v) is 5.73. The van der Waals surface area contributed by atoms with Crippen LogP contribution in [-0.4, -0.2) is 27.6 Å². The van der Waals surface area contributed by atoms with E-state index in [4.69, 9.17) is 9.72 Å². The van der Waals surface area contributed by atoms with Crippen molar-refractivity contribution in [1.82, 2.24) is 14.5 Å². The SMILES string of the molecule is COc1ccncc1NC(=O)C1CCn2c(cnc2C2CCCCC2)C1. The standard InChI is InChI=1S/C20H26N4O2/c1-26-18-7-9-21-13-17(18)23-20(25)15-8-10-24-16(11-15)12-22-19(24)14-5-3-2-4-6-14/h7,9,12-15H,2-6,8,10-11H2,1H3,(H,23,25). The lowest BCUT2D eigenvalue weighted by Crippen LogP contribution is -2.31. The summed E-state index contributed by atoms with van der Waals surface area (Å²) in [6.07, 6.45) is 13.3. The van der Waals surface area contributed by atoms with E-state index in [0.29, 0.717) is 17.4 Å². The first-order valence-corrected chi connectivity index (χ1v) is 9.59. The quantitative estimate of drug-likeness (QED) is 0.912. The largest absolute Gasteiger partial charge is 0.494 e. The number of aromatic nitrogens is 3. The van der Waals surface area contributed by atoms with Gasteiger partial charge in [0.15, 0.2) is 0 Å². The average Bonchev–Trinajstić information content (AvgIpc) is 3.12. The second-order valence-corrected chi connectivity index (χ2v) is 7.35. The van der Waals surface area contributed by atoms with Crippen LogP contribution >= 0.6 is 0 Å². The molecule has 2 aromatic heterocycles. The minimum absolute atomic E-state index is 0.0305. The van der Waals surface area contributed by atoms with E-state index in [0.717, 1.165) is 19.4 Å². The van der Waals surface area contributed by atoms with E-state index >= 15 is 0 Å². The van der Waals surface area contributed by atoms with Crippen LogP contribution in [0.3, 0.4) is 0 Å². The van der Waals surface area contributed by atoms with Gasteiger partial charge in [0.2, 0.25) is 5.91 Å². The Morgan fingerprint density at radius 2 is 2.08 bits per heavy atom. The molecule has 1 saturated carbocycles. The lowest BCUT2D eigenvalue weighted by atomic mass is 9.88. The fraction of sp³-hybridized carbons (Fsp3) is 0.550. The molecule has 26 heavy (non-hydrogen) atoms. The molecule has 0 spiro atoms. The molecule has 2 aliphatic rings. The number of nitrogens with one attached hydrogen (secondary N) is 1. The molecule has 1 atom stereocenters. The Balaban J connectivity index is 1.45. The van der Waals surface area contributed by atoms with Gasteiger partial charge in [-0.25, -0.2) is 4.98 Å². The Kier molecular flexibility index (Phi) is 4.91. The Labute approximate surface area is 154 Å². The van der Waals surface area contributed by atoms with Gasteiger partial charge in [-0.05, 0) is 19.3 Å². The average molecular weight is 354 g/mol. The molecule has 1 amide bonds. The second-order valence-electron chi connectivity index (χ2n) is 7.35. The fourth-order valence-electron chi connectivity index (χ4n) is 4.29. The first-order valence-electron chi connectivity index (χ1n) is 9.59. The normalized spacial score (nSPS) is 20.4. The molecule has 0 bridgehead atoms. The van der Waals surface area contributed by atoms with E-state index in [2.05, 4.69) is 14.9 Å². The number of amides is 1. The number of fused-ring (bicyclic) bond motifs is 1. The number of rotatable bonds is 4. The highest BCUT2D eigenvalue weighted by atomic mass is 16.5. The summed E-state index contributed by atoms with van der Waals surface area (Å²) in [7, 11) is 1.59. The molecule has 1 aliphatic heterocycles. The Morgan fingerprint density at radius 3 is 2.88 bits per heavy atom. The molecular weight excluding hydrogens is 328 g/mol. The number of ether oxygens (including phenoxy) is 1. The first-order chi connectivity index (χ1) is 12.8. The zero-order valence-electron chi connectivity index (χ0n) is 15.3.